The lowest BCUT2D eigenvalue weighted by Crippen LogP contribution is -2.55. The molecule has 3 aromatic heterocycles. The van der Waals surface area contributed by atoms with Gasteiger partial charge in [0.05, 0.1) is 33.2 Å². The van der Waals surface area contributed by atoms with E-state index in [1.165, 1.54) is 10.6 Å². The van der Waals surface area contributed by atoms with Crippen LogP contribution >= 0.6 is 11.6 Å². The molecule has 41 heavy (non-hydrogen) atoms. The molecule has 0 spiro atoms. The maximum absolute atomic E-state index is 15.0. The fraction of sp³-hybridized carbons (Fsp3) is 0.433. The van der Waals surface area contributed by atoms with Gasteiger partial charge in [-0.05, 0) is 43.9 Å². The van der Waals surface area contributed by atoms with E-state index in [1.54, 1.807) is 31.3 Å². The SMILES string of the molecule is CNc1nc(C(C)C)c(-n2c(=O)nc(N3C[C@@H](C)NC[C@@H]3C)c3cc(Cl)c(-c4ccccc4F)nc32)c(C(C)C)n1. The van der Waals surface area contributed by atoms with Crippen molar-refractivity contribution in [2.24, 2.45) is 0 Å². The zero-order valence-corrected chi connectivity index (χ0v) is 25.2. The number of rotatable bonds is 6. The molecule has 2 N–H and O–H groups in total. The van der Waals surface area contributed by atoms with Crippen molar-refractivity contribution in [1.29, 1.82) is 0 Å². The second kappa shape index (κ2) is 11.3. The van der Waals surface area contributed by atoms with Gasteiger partial charge in [0.2, 0.25) is 5.95 Å². The molecule has 4 heterocycles. The van der Waals surface area contributed by atoms with E-state index >= 15 is 4.39 Å². The van der Waals surface area contributed by atoms with Crippen molar-refractivity contribution in [2.75, 3.05) is 30.4 Å². The summed E-state index contributed by atoms with van der Waals surface area (Å²) in [7, 11) is 1.76. The van der Waals surface area contributed by atoms with Gasteiger partial charge in [-0.1, -0.05) is 51.4 Å². The Hall–Kier alpha value is -3.63. The predicted molar refractivity (Wildman–Crippen MR) is 163 cm³/mol. The van der Waals surface area contributed by atoms with Crippen LogP contribution < -0.4 is 21.2 Å². The first-order chi connectivity index (χ1) is 19.5. The molecule has 1 aliphatic heterocycles. The molecule has 0 aliphatic carbocycles. The third-order valence-electron chi connectivity index (χ3n) is 7.45. The summed E-state index contributed by atoms with van der Waals surface area (Å²) >= 11 is 6.82. The van der Waals surface area contributed by atoms with Gasteiger partial charge in [-0.3, -0.25) is 0 Å². The summed E-state index contributed by atoms with van der Waals surface area (Å²) < 4.78 is 16.5. The number of aromatic nitrogens is 5. The van der Waals surface area contributed by atoms with E-state index in [0.717, 1.165) is 6.54 Å². The molecule has 0 radical (unpaired) electrons. The van der Waals surface area contributed by atoms with Crippen molar-refractivity contribution in [3.8, 4) is 16.9 Å². The number of nitrogens with one attached hydrogen (secondary N) is 2. The van der Waals surface area contributed by atoms with Gasteiger partial charge in [0.25, 0.3) is 0 Å². The Morgan fingerprint density at radius 1 is 1.05 bits per heavy atom. The summed E-state index contributed by atoms with van der Waals surface area (Å²) in [6.45, 7) is 13.6. The lowest BCUT2D eigenvalue weighted by molar-refractivity contribution is 0.423. The van der Waals surface area contributed by atoms with Gasteiger partial charge in [-0.25, -0.2) is 28.7 Å². The van der Waals surface area contributed by atoms with Crippen molar-refractivity contribution in [1.82, 2.24) is 29.8 Å². The average Bonchev–Trinajstić information content (AvgIpc) is 2.93. The van der Waals surface area contributed by atoms with Crippen LogP contribution in [0.4, 0.5) is 16.2 Å². The number of nitrogens with zero attached hydrogens (tertiary/aromatic N) is 6. The van der Waals surface area contributed by atoms with Gasteiger partial charge in [-0.15, -0.1) is 0 Å². The molecule has 4 aromatic rings. The lowest BCUT2D eigenvalue weighted by atomic mass is 10.0. The Kier molecular flexibility index (Phi) is 7.98. The molecule has 1 aliphatic rings. The summed E-state index contributed by atoms with van der Waals surface area (Å²) in [5.74, 6) is 0.413. The van der Waals surface area contributed by atoms with Crippen LogP contribution in [-0.4, -0.2) is 56.7 Å². The zero-order chi connectivity index (χ0) is 29.6. The highest BCUT2D eigenvalue weighted by molar-refractivity contribution is 6.33. The van der Waals surface area contributed by atoms with Crippen LogP contribution in [0.15, 0.2) is 35.1 Å². The molecule has 0 saturated carbocycles. The van der Waals surface area contributed by atoms with Crippen LogP contribution in [0.3, 0.4) is 0 Å². The van der Waals surface area contributed by atoms with Crippen LogP contribution in [0.1, 0.15) is 64.8 Å². The molecule has 11 heteroatoms. The molecule has 0 amide bonds. The van der Waals surface area contributed by atoms with Crippen LogP contribution in [0.2, 0.25) is 5.02 Å². The normalized spacial score (nSPS) is 17.6. The van der Waals surface area contributed by atoms with Crippen LogP contribution in [-0.2, 0) is 0 Å². The van der Waals surface area contributed by atoms with Gasteiger partial charge in [0, 0.05) is 37.8 Å². The largest absolute Gasteiger partial charge is 0.357 e. The molecule has 1 aromatic carbocycles. The van der Waals surface area contributed by atoms with Crippen molar-refractivity contribution in [3.63, 3.8) is 0 Å². The van der Waals surface area contributed by atoms with E-state index < -0.39 is 11.5 Å². The molecule has 0 bridgehead atoms. The van der Waals surface area contributed by atoms with Gasteiger partial charge < -0.3 is 15.5 Å². The highest BCUT2D eigenvalue weighted by atomic mass is 35.5. The molecule has 2 atom stereocenters. The number of hydrogen-bond donors (Lipinski definition) is 2. The fourth-order valence-corrected chi connectivity index (χ4v) is 5.57. The van der Waals surface area contributed by atoms with Gasteiger partial charge in [0.1, 0.15) is 11.6 Å². The standard InChI is InChI=1S/C30H36ClFN8O/c1-15(2)23-26(24(16(3)4)37-29(33-7)36-23)40-28-20(12-21(31)25(35-28)19-10-8-9-11-22(19)32)27(38-30(40)41)39-14-17(5)34-13-18(39)6/h8-12,15-18,34H,13-14H2,1-7H3,(H,33,36,37)/t17-,18+/m1/s1. The van der Waals surface area contributed by atoms with E-state index in [-0.39, 0.29) is 40.2 Å². The second-order valence-corrected chi connectivity index (χ2v) is 11.7. The van der Waals surface area contributed by atoms with Crippen LogP contribution in [0.5, 0.6) is 0 Å². The number of piperazine rings is 1. The van der Waals surface area contributed by atoms with Crippen molar-refractivity contribution >= 4 is 34.4 Å². The fourth-order valence-electron chi connectivity index (χ4n) is 5.32. The number of halogens is 2. The van der Waals surface area contributed by atoms with E-state index in [4.69, 9.17) is 26.6 Å². The van der Waals surface area contributed by atoms with Crippen molar-refractivity contribution in [2.45, 2.75) is 65.5 Å². The summed E-state index contributed by atoms with van der Waals surface area (Å²) in [5, 5.41) is 7.37. The highest BCUT2D eigenvalue weighted by Crippen LogP contribution is 2.37. The maximum atomic E-state index is 15.0. The Bertz CT molecular complexity index is 1640. The van der Waals surface area contributed by atoms with Gasteiger partial charge >= 0.3 is 5.69 Å². The van der Waals surface area contributed by atoms with E-state index in [2.05, 4.69) is 34.4 Å². The molecule has 5 rings (SSSR count). The van der Waals surface area contributed by atoms with E-state index in [9.17, 15) is 4.79 Å². The number of fused-ring (bicyclic) bond motifs is 1. The predicted octanol–water partition coefficient (Wildman–Crippen LogP) is 5.51. The first-order valence-corrected chi connectivity index (χ1v) is 14.4. The molecule has 1 saturated heterocycles. The molecule has 216 valence electrons. The maximum Gasteiger partial charge on any atom is 0.355 e. The summed E-state index contributed by atoms with van der Waals surface area (Å²) in [6, 6.07) is 8.34. The van der Waals surface area contributed by atoms with Crippen LogP contribution in [0.25, 0.3) is 28.0 Å². The van der Waals surface area contributed by atoms with Gasteiger partial charge in [0.15, 0.2) is 5.65 Å². The summed E-state index contributed by atoms with van der Waals surface area (Å²) in [5.41, 5.74) is 2.21. The Labute approximate surface area is 244 Å². The number of pyridine rings is 1. The Balaban J connectivity index is 1.94. The summed E-state index contributed by atoms with van der Waals surface area (Å²) in [4.78, 5) is 35.4. The Morgan fingerprint density at radius 2 is 1.71 bits per heavy atom. The summed E-state index contributed by atoms with van der Waals surface area (Å²) in [6.07, 6.45) is 0. The second-order valence-electron chi connectivity index (χ2n) is 11.3. The smallest absolute Gasteiger partial charge is 0.355 e. The number of hydrogen-bond acceptors (Lipinski definition) is 8. The number of anilines is 2. The third kappa shape index (κ3) is 5.26. The first-order valence-electron chi connectivity index (χ1n) is 14.0. The minimum Gasteiger partial charge on any atom is -0.357 e. The zero-order valence-electron chi connectivity index (χ0n) is 24.5. The Morgan fingerprint density at radius 3 is 2.32 bits per heavy atom. The minimum atomic E-state index is -0.509. The minimum absolute atomic E-state index is 0.0494. The third-order valence-corrected chi connectivity index (χ3v) is 7.73. The molecule has 0 unspecified atom stereocenters. The quantitative estimate of drug-likeness (QED) is 0.309. The monoisotopic (exact) mass is 578 g/mol. The highest BCUT2D eigenvalue weighted by Gasteiger charge is 2.30. The molecule has 9 nitrogen and oxygen atoms in total. The van der Waals surface area contributed by atoms with E-state index in [1.807, 2.05) is 27.7 Å². The van der Waals surface area contributed by atoms with Gasteiger partial charge in [-0.2, -0.15) is 4.98 Å². The van der Waals surface area contributed by atoms with Crippen molar-refractivity contribution in [3.05, 3.63) is 63.0 Å². The first kappa shape index (κ1) is 28.9. The van der Waals surface area contributed by atoms with E-state index in [0.29, 0.717) is 46.4 Å². The number of benzene rings is 1. The molecule has 1 fully saturated rings. The molecular weight excluding hydrogens is 543 g/mol. The van der Waals surface area contributed by atoms with Crippen molar-refractivity contribution < 1.29 is 4.39 Å². The topological polar surface area (TPSA) is 101 Å². The molecular formula is C30H36ClFN8O. The van der Waals surface area contributed by atoms with Crippen LogP contribution in [0, 0.1) is 5.82 Å². The lowest BCUT2D eigenvalue weighted by Gasteiger charge is -2.38. The average molecular weight is 579 g/mol.